The van der Waals surface area contributed by atoms with Gasteiger partial charge in [-0.2, -0.15) is 0 Å². The molecule has 8 heteroatoms. The van der Waals surface area contributed by atoms with Crippen molar-refractivity contribution in [3.8, 4) is 0 Å². The van der Waals surface area contributed by atoms with E-state index in [1.54, 1.807) is 30.3 Å². The lowest BCUT2D eigenvalue weighted by molar-refractivity contribution is -0.140. The van der Waals surface area contributed by atoms with Crippen LogP contribution in [0.15, 0.2) is 83.8 Å². The minimum Gasteiger partial charge on any atom is -0.354 e. The maximum atomic E-state index is 14.2. The number of nitrogens with one attached hydrogen (secondary N) is 1. The van der Waals surface area contributed by atoms with E-state index in [0.717, 1.165) is 29.5 Å². The molecule has 7 nitrogen and oxygen atoms in total. The third kappa shape index (κ3) is 7.50. The second kappa shape index (κ2) is 14.7. The SMILES string of the molecule is CCCCNC(=O)[C@@H](CC)N(Cc1ccccc1C)C(=O)CN(c1ccccc1CC)S(=O)(=O)c1ccccc1. The normalized spacial score (nSPS) is 12.0. The summed E-state index contributed by atoms with van der Waals surface area (Å²) < 4.78 is 29.2. The standard InChI is InChI=1S/C32H41N3O4S/c1-5-8-22-33-32(37)29(7-3)34(23-27-18-13-12-16-25(27)4)31(36)24-35(30-21-15-14-17-26(30)6-2)40(38,39)28-19-10-9-11-20-28/h9-21,29H,5-8,22-24H2,1-4H3,(H,33,37)/t29-/m1/s1. The largest absolute Gasteiger partial charge is 0.354 e. The molecule has 0 aliphatic rings. The summed E-state index contributed by atoms with van der Waals surface area (Å²) in [6.45, 7) is 8.12. The maximum Gasteiger partial charge on any atom is 0.264 e. The van der Waals surface area contributed by atoms with Crippen molar-refractivity contribution < 1.29 is 18.0 Å². The first-order chi connectivity index (χ1) is 19.2. The van der Waals surface area contributed by atoms with Crippen molar-refractivity contribution in [1.82, 2.24) is 10.2 Å². The Morgan fingerprint density at radius 2 is 1.48 bits per heavy atom. The highest BCUT2D eigenvalue weighted by Gasteiger charge is 2.34. The number of amides is 2. The molecule has 3 aromatic rings. The minimum absolute atomic E-state index is 0.100. The summed E-state index contributed by atoms with van der Waals surface area (Å²) in [5, 5.41) is 2.97. The molecule has 40 heavy (non-hydrogen) atoms. The highest BCUT2D eigenvalue weighted by Crippen LogP contribution is 2.28. The van der Waals surface area contributed by atoms with E-state index < -0.39 is 28.5 Å². The topological polar surface area (TPSA) is 86.8 Å². The fraction of sp³-hybridized carbons (Fsp3) is 0.375. The molecule has 1 N–H and O–H groups in total. The van der Waals surface area contributed by atoms with Crippen molar-refractivity contribution in [2.45, 2.75) is 70.9 Å². The van der Waals surface area contributed by atoms with Gasteiger partial charge < -0.3 is 10.2 Å². The van der Waals surface area contributed by atoms with Crippen molar-refractivity contribution in [3.05, 3.63) is 95.6 Å². The number of anilines is 1. The molecule has 2 amide bonds. The van der Waals surface area contributed by atoms with Gasteiger partial charge in [0.2, 0.25) is 11.8 Å². The number of unbranched alkanes of at least 4 members (excludes halogenated alkanes) is 1. The molecule has 3 rings (SSSR count). The van der Waals surface area contributed by atoms with Crippen LogP contribution in [0.4, 0.5) is 5.69 Å². The number of carbonyl (C=O) groups is 2. The Kier molecular flexibility index (Phi) is 11.3. The zero-order chi connectivity index (χ0) is 29.1. The summed E-state index contributed by atoms with van der Waals surface area (Å²) in [4.78, 5) is 29.1. The number of hydrogen-bond donors (Lipinski definition) is 1. The Balaban J connectivity index is 2.07. The molecule has 0 bridgehead atoms. The first-order valence-electron chi connectivity index (χ1n) is 14.0. The molecule has 0 heterocycles. The fourth-order valence-electron chi connectivity index (χ4n) is 4.68. The lowest BCUT2D eigenvalue weighted by Crippen LogP contribution is -2.52. The average molecular weight is 564 g/mol. The second-order valence-corrected chi connectivity index (χ2v) is 11.7. The summed E-state index contributed by atoms with van der Waals surface area (Å²) in [5.41, 5.74) is 3.16. The zero-order valence-electron chi connectivity index (χ0n) is 24.0. The van der Waals surface area contributed by atoms with E-state index in [-0.39, 0.29) is 17.3 Å². The predicted octanol–water partition coefficient (Wildman–Crippen LogP) is 5.48. The van der Waals surface area contributed by atoms with Crippen LogP contribution in [-0.4, -0.2) is 44.3 Å². The van der Waals surface area contributed by atoms with Crippen molar-refractivity contribution in [1.29, 1.82) is 0 Å². The Bertz CT molecular complexity index is 1380. The van der Waals surface area contributed by atoms with Gasteiger partial charge in [-0.05, 0) is 61.1 Å². The van der Waals surface area contributed by atoms with Gasteiger partial charge in [0.25, 0.3) is 10.0 Å². The van der Waals surface area contributed by atoms with E-state index in [0.29, 0.717) is 25.1 Å². The molecule has 3 aromatic carbocycles. The molecule has 0 saturated carbocycles. The Morgan fingerprint density at radius 3 is 2.10 bits per heavy atom. The van der Waals surface area contributed by atoms with Crippen LogP contribution in [0.5, 0.6) is 0 Å². The number of carbonyl (C=O) groups excluding carboxylic acids is 2. The van der Waals surface area contributed by atoms with Gasteiger partial charge in [0, 0.05) is 13.1 Å². The van der Waals surface area contributed by atoms with Gasteiger partial charge in [-0.3, -0.25) is 13.9 Å². The lowest BCUT2D eigenvalue weighted by atomic mass is 10.1. The molecule has 0 aliphatic heterocycles. The number of sulfonamides is 1. The summed E-state index contributed by atoms with van der Waals surface area (Å²) in [6.07, 6.45) is 2.76. The van der Waals surface area contributed by atoms with Crippen LogP contribution in [0, 0.1) is 6.92 Å². The molecule has 214 valence electrons. The monoisotopic (exact) mass is 563 g/mol. The summed E-state index contributed by atoms with van der Waals surface area (Å²) >= 11 is 0. The van der Waals surface area contributed by atoms with Gasteiger partial charge in [0.15, 0.2) is 0 Å². The Labute approximate surface area is 239 Å². The molecular formula is C32H41N3O4S. The van der Waals surface area contributed by atoms with Crippen LogP contribution in [0.1, 0.15) is 56.7 Å². The number of hydrogen-bond acceptors (Lipinski definition) is 4. The Morgan fingerprint density at radius 1 is 0.850 bits per heavy atom. The van der Waals surface area contributed by atoms with Crippen LogP contribution in [-0.2, 0) is 32.6 Å². The number of benzene rings is 3. The Hall–Kier alpha value is -3.65. The quantitative estimate of drug-likeness (QED) is 0.263. The third-order valence-electron chi connectivity index (χ3n) is 7.07. The zero-order valence-corrected chi connectivity index (χ0v) is 24.8. The van der Waals surface area contributed by atoms with Gasteiger partial charge in [0.1, 0.15) is 12.6 Å². The molecule has 0 unspecified atom stereocenters. The van der Waals surface area contributed by atoms with E-state index in [1.807, 2.05) is 64.1 Å². The van der Waals surface area contributed by atoms with Crippen molar-refractivity contribution in [3.63, 3.8) is 0 Å². The number of para-hydroxylation sites is 1. The first-order valence-corrected chi connectivity index (χ1v) is 15.5. The molecule has 0 spiro atoms. The van der Waals surface area contributed by atoms with Crippen LogP contribution in [0.2, 0.25) is 0 Å². The van der Waals surface area contributed by atoms with E-state index in [4.69, 9.17) is 0 Å². The van der Waals surface area contributed by atoms with Crippen molar-refractivity contribution >= 4 is 27.5 Å². The third-order valence-corrected chi connectivity index (χ3v) is 8.84. The second-order valence-electron chi connectivity index (χ2n) is 9.82. The van der Waals surface area contributed by atoms with Gasteiger partial charge in [-0.1, -0.05) is 87.9 Å². The number of nitrogens with zero attached hydrogens (tertiary/aromatic N) is 2. The van der Waals surface area contributed by atoms with Crippen LogP contribution < -0.4 is 9.62 Å². The lowest BCUT2D eigenvalue weighted by Gasteiger charge is -2.34. The molecule has 0 aromatic heterocycles. The minimum atomic E-state index is -4.08. The van der Waals surface area contributed by atoms with Gasteiger partial charge in [-0.25, -0.2) is 8.42 Å². The summed E-state index contributed by atoms with van der Waals surface area (Å²) in [5.74, 6) is -0.671. The highest BCUT2D eigenvalue weighted by atomic mass is 32.2. The molecule has 0 radical (unpaired) electrons. The van der Waals surface area contributed by atoms with E-state index >= 15 is 0 Å². The fourth-order valence-corrected chi connectivity index (χ4v) is 6.16. The van der Waals surface area contributed by atoms with Crippen molar-refractivity contribution in [2.75, 3.05) is 17.4 Å². The summed E-state index contributed by atoms with van der Waals surface area (Å²) in [6, 6.07) is 22.3. The molecule has 0 aliphatic carbocycles. The van der Waals surface area contributed by atoms with Crippen LogP contribution in [0.3, 0.4) is 0 Å². The summed E-state index contributed by atoms with van der Waals surface area (Å²) in [7, 11) is -4.08. The molecule has 0 saturated heterocycles. The molecule has 1 atom stereocenters. The highest BCUT2D eigenvalue weighted by molar-refractivity contribution is 7.92. The van der Waals surface area contributed by atoms with Crippen molar-refractivity contribution in [2.24, 2.45) is 0 Å². The number of rotatable bonds is 14. The van der Waals surface area contributed by atoms with E-state index in [1.165, 1.54) is 21.3 Å². The average Bonchev–Trinajstić information content (AvgIpc) is 2.97. The van der Waals surface area contributed by atoms with Gasteiger partial charge >= 0.3 is 0 Å². The predicted molar refractivity (Wildman–Crippen MR) is 161 cm³/mol. The van der Waals surface area contributed by atoms with E-state index in [2.05, 4.69) is 5.32 Å². The smallest absolute Gasteiger partial charge is 0.264 e. The number of aryl methyl sites for hydroxylation is 2. The van der Waals surface area contributed by atoms with Gasteiger partial charge in [0.05, 0.1) is 10.6 Å². The maximum absolute atomic E-state index is 14.2. The molecule has 0 fully saturated rings. The molecular weight excluding hydrogens is 522 g/mol. The van der Waals surface area contributed by atoms with Gasteiger partial charge in [-0.15, -0.1) is 0 Å². The van der Waals surface area contributed by atoms with E-state index in [9.17, 15) is 18.0 Å². The van der Waals surface area contributed by atoms with Crippen LogP contribution in [0.25, 0.3) is 0 Å². The first kappa shape index (κ1) is 30.9. The van der Waals surface area contributed by atoms with Crippen LogP contribution >= 0.6 is 0 Å².